The van der Waals surface area contributed by atoms with Crippen molar-refractivity contribution in [1.82, 2.24) is 5.32 Å². The molecule has 2 atom stereocenters. The van der Waals surface area contributed by atoms with Gasteiger partial charge in [0, 0.05) is 18.7 Å². The molecule has 0 aromatic heterocycles. The molecule has 0 radical (unpaired) electrons. The lowest BCUT2D eigenvalue weighted by Crippen LogP contribution is -2.29. The molecule has 0 aliphatic heterocycles. The summed E-state index contributed by atoms with van der Waals surface area (Å²) in [5.41, 5.74) is 0.908. The Balaban J connectivity index is 2.65. The Morgan fingerprint density at radius 2 is 2.12 bits per heavy atom. The van der Waals surface area contributed by atoms with E-state index in [0.717, 1.165) is 5.56 Å². The molecule has 0 aliphatic rings. The molecule has 2 unspecified atom stereocenters. The summed E-state index contributed by atoms with van der Waals surface area (Å²) < 4.78 is 13.8. The lowest BCUT2D eigenvalue weighted by Gasteiger charge is -2.19. The van der Waals surface area contributed by atoms with Crippen LogP contribution in [0.4, 0.5) is 4.39 Å². The molecule has 1 rings (SSSR count). The molecular formula is C12H17BrFNO. The third kappa shape index (κ3) is 3.85. The van der Waals surface area contributed by atoms with Crippen molar-refractivity contribution in [3.8, 4) is 0 Å². The summed E-state index contributed by atoms with van der Waals surface area (Å²) in [6, 6.07) is 5.40. The second-order valence-electron chi connectivity index (χ2n) is 3.98. The van der Waals surface area contributed by atoms with Crippen LogP contribution in [0.3, 0.4) is 0 Å². The monoisotopic (exact) mass is 289 g/mol. The van der Waals surface area contributed by atoms with Gasteiger partial charge in [-0.1, -0.05) is 6.07 Å². The van der Waals surface area contributed by atoms with E-state index < -0.39 is 0 Å². The third-order valence-corrected chi connectivity index (χ3v) is 3.18. The fraction of sp³-hybridized carbons (Fsp3) is 0.500. The number of hydrogen-bond acceptors (Lipinski definition) is 2. The van der Waals surface area contributed by atoms with Gasteiger partial charge in [-0.05, 0) is 53.9 Å². The van der Waals surface area contributed by atoms with Gasteiger partial charge in [0.2, 0.25) is 0 Å². The first-order valence-electron chi connectivity index (χ1n) is 5.36. The Morgan fingerprint density at radius 3 is 2.69 bits per heavy atom. The average Bonchev–Trinajstić information content (AvgIpc) is 2.22. The quantitative estimate of drug-likeness (QED) is 0.873. The maximum atomic E-state index is 13.3. The average molecular weight is 290 g/mol. The second-order valence-corrected chi connectivity index (χ2v) is 4.83. The zero-order valence-electron chi connectivity index (χ0n) is 9.50. The molecule has 1 aromatic carbocycles. The number of benzene rings is 1. The molecule has 0 spiro atoms. The summed E-state index contributed by atoms with van der Waals surface area (Å²) in [5.74, 6) is -0.249. The van der Waals surface area contributed by atoms with Crippen molar-refractivity contribution in [2.75, 3.05) is 6.61 Å². The fourth-order valence-corrected chi connectivity index (χ4v) is 1.83. The van der Waals surface area contributed by atoms with Crippen LogP contribution in [-0.4, -0.2) is 17.8 Å². The number of rotatable bonds is 5. The number of aliphatic hydroxyl groups is 1. The largest absolute Gasteiger partial charge is 0.396 e. The Bertz CT molecular complexity index is 346. The zero-order valence-corrected chi connectivity index (χ0v) is 11.1. The summed E-state index contributed by atoms with van der Waals surface area (Å²) in [7, 11) is 0. The molecule has 0 aliphatic carbocycles. The minimum Gasteiger partial charge on any atom is -0.396 e. The van der Waals surface area contributed by atoms with Crippen molar-refractivity contribution in [2.24, 2.45) is 0 Å². The third-order valence-electron chi connectivity index (χ3n) is 2.54. The van der Waals surface area contributed by atoms with Gasteiger partial charge >= 0.3 is 0 Å². The first-order chi connectivity index (χ1) is 7.54. The SMILES string of the molecule is CC(CCO)NC(C)c1ccc(Br)c(F)c1. The molecule has 0 bridgehead atoms. The van der Waals surface area contributed by atoms with E-state index in [1.54, 1.807) is 6.07 Å². The predicted octanol–water partition coefficient (Wildman–Crippen LogP) is 3.01. The molecule has 0 saturated carbocycles. The van der Waals surface area contributed by atoms with Crippen LogP contribution in [-0.2, 0) is 0 Å². The van der Waals surface area contributed by atoms with Crippen molar-refractivity contribution in [3.05, 3.63) is 34.1 Å². The van der Waals surface area contributed by atoms with Gasteiger partial charge in [-0.15, -0.1) is 0 Å². The van der Waals surface area contributed by atoms with E-state index in [-0.39, 0.29) is 24.5 Å². The molecule has 0 saturated heterocycles. The molecular weight excluding hydrogens is 273 g/mol. The van der Waals surface area contributed by atoms with Crippen LogP contribution in [0.25, 0.3) is 0 Å². The lowest BCUT2D eigenvalue weighted by atomic mass is 10.1. The highest BCUT2D eigenvalue weighted by Crippen LogP contribution is 2.20. The molecule has 2 N–H and O–H groups in total. The van der Waals surface area contributed by atoms with Crippen LogP contribution in [0.5, 0.6) is 0 Å². The van der Waals surface area contributed by atoms with Crippen LogP contribution < -0.4 is 5.32 Å². The molecule has 4 heteroatoms. The van der Waals surface area contributed by atoms with Gasteiger partial charge in [0.1, 0.15) is 5.82 Å². The first kappa shape index (κ1) is 13.6. The topological polar surface area (TPSA) is 32.3 Å². The van der Waals surface area contributed by atoms with Crippen molar-refractivity contribution in [1.29, 1.82) is 0 Å². The van der Waals surface area contributed by atoms with Crippen molar-refractivity contribution >= 4 is 15.9 Å². The van der Waals surface area contributed by atoms with E-state index in [1.165, 1.54) is 6.07 Å². The highest BCUT2D eigenvalue weighted by molar-refractivity contribution is 9.10. The number of halogens is 2. The van der Waals surface area contributed by atoms with Crippen LogP contribution in [0.15, 0.2) is 22.7 Å². The molecule has 0 amide bonds. The summed E-state index contributed by atoms with van der Waals surface area (Å²) in [6.07, 6.45) is 0.698. The highest BCUT2D eigenvalue weighted by Gasteiger charge is 2.10. The molecule has 90 valence electrons. The minimum atomic E-state index is -0.249. The summed E-state index contributed by atoms with van der Waals surface area (Å²) in [4.78, 5) is 0. The highest BCUT2D eigenvalue weighted by atomic mass is 79.9. The van der Waals surface area contributed by atoms with E-state index in [1.807, 2.05) is 19.9 Å². The van der Waals surface area contributed by atoms with Gasteiger partial charge < -0.3 is 10.4 Å². The Kier molecular flexibility index (Phi) is 5.38. The van der Waals surface area contributed by atoms with Gasteiger partial charge in [0.05, 0.1) is 4.47 Å². The fourth-order valence-electron chi connectivity index (χ4n) is 1.58. The molecule has 0 fully saturated rings. The number of hydrogen-bond donors (Lipinski definition) is 2. The van der Waals surface area contributed by atoms with Gasteiger partial charge in [-0.3, -0.25) is 0 Å². The normalized spacial score (nSPS) is 14.8. The summed E-state index contributed by atoms with van der Waals surface area (Å²) in [6.45, 7) is 4.15. The zero-order chi connectivity index (χ0) is 12.1. The smallest absolute Gasteiger partial charge is 0.137 e. The van der Waals surface area contributed by atoms with Gasteiger partial charge in [0.15, 0.2) is 0 Å². The van der Waals surface area contributed by atoms with E-state index in [4.69, 9.17) is 5.11 Å². The Morgan fingerprint density at radius 1 is 1.44 bits per heavy atom. The van der Waals surface area contributed by atoms with Gasteiger partial charge in [-0.25, -0.2) is 4.39 Å². The van der Waals surface area contributed by atoms with E-state index in [9.17, 15) is 4.39 Å². The predicted molar refractivity (Wildman–Crippen MR) is 66.8 cm³/mol. The van der Waals surface area contributed by atoms with Crippen LogP contribution in [0.1, 0.15) is 31.9 Å². The first-order valence-corrected chi connectivity index (χ1v) is 6.15. The molecule has 16 heavy (non-hydrogen) atoms. The Hall–Kier alpha value is -0.450. The maximum Gasteiger partial charge on any atom is 0.137 e. The standard InChI is InChI=1S/C12H17BrFNO/c1-8(5-6-16)15-9(2)10-3-4-11(13)12(14)7-10/h3-4,7-9,15-16H,5-6H2,1-2H3. The minimum absolute atomic E-state index is 0.0733. The summed E-state index contributed by atoms with van der Waals surface area (Å²) >= 11 is 3.13. The second kappa shape index (κ2) is 6.33. The van der Waals surface area contributed by atoms with Gasteiger partial charge in [0.25, 0.3) is 0 Å². The molecule has 2 nitrogen and oxygen atoms in total. The molecule has 0 heterocycles. The number of nitrogens with one attached hydrogen (secondary N) is 1. The van der Waals surface area contributed by atoms with Crippen molar-refractivity contribution < 1.29 is 9.50 Å². The number of aliphatic hydroxyl groups excluding tert-OH is 1. The van der Waals surface area contributed by atoms with Crippen LogP contribution in [0.2, 0.25) is 0 Å². The van der Waals surface area contributed by atoms with E-state index in [0.29, 0.717) is 10.9 Å². The van der Waals surface area contributed by atoms with E-state index in [2.05, 4.69) is 21.2 Å². The van der Waals surface area contributed by atoms with Crippen LogP contribution in [0, 0.1) is 5.82 Å². The van der Waals surface area contributed by atoms with Crippen LogP contribution >= 0.6 is 15.9 Å². The molecule has 1 aromatic rings. The Labute approximate surface area is 104 Å². The van der Waals surface area contributed by atoms with Crippen molar-refractivity contribution in [3.63, 3.8) is 0 Å². The summed E-state index contributed by atoms with van der Waals surface area (Å²) in [5, 5.41) is 12.1. The van der Waals surface area contributed by atoms with Crippen molar-refractivity contribution in [2.45, 2.75) is 32.4 Å². The van der Waals surface area contributed by atoms with Gasteiger partial charge in [-0.2, -0.15) is 0 Å². The lowest BCUT2D eigenvalue weighted by molar-refractivity contribution is 0.264. The maximum absolute atomic E-state index is 13.3. The van der Waals surface area contributed by atoms with E-state index >= 15 is 0 Å².